The second kappa shape index (κ2) is 6.35. The van der Waals surface area contributed by atoms with Gasteiger partial charge in [-0.25, -0.2) is 4.39 Å². The number of oxime groups is 1. The van der Waals surface area contributed by atoms with E-state index in [2.05, 4.69) is 10.5 Å². The fraction of sp³-hybridized carbons (Fsp3) is 0.462. The second-order valence-corrected chi connectivity index (χ2v) is 4.62. The largest absolute Gasteiger partial charge is 0.409 e. The van der Waals surface area contributed by atoms with Crippen LogP contribution in [0.5, 0.6) is 0 Å². The van der Waals surface area contributed by atoms with Crippen molar-refractivity contribution < 1.29 is 9.60 Å². The number of hydrogen-bond donors (Lipinski definition) is 3. The molecule has 5 heteroatoms. The highest BCUT2D eigenvalue weighted by Gasteiger charge is 2.07. The molecule has 0 saturated heterocycles. The van der Waals surface area contributed by atoms with E-state index in [0.717, 1.165) is 5.56 Å². The van der Waals surface area contributed by atoms with Crippen molar-refractivity contribution in [2.24, 2.45) is 10.9 Å². The molecule has 0 aliphatic heterocycles. The molecule has 0 aromatic heterocycles. The fourth-order valence-electron chi connectivity index (χ4n) is 1.86. The minimum atomic E-state index is -0.150. The Kier molecular flexibility index (Phi) is 5.09. The van der Waals surface area contributed by atoms with E-state index in [-0.39, 0.29) is 17.7 Å². The van der Waals surface area contributed by atoms with Crippen molar-refractivity contribution in [1.29, 1.82) is 0 Å². The van der Waals surface area contributed by atoms with Gasteiger partial charge in [0.1, 0.15) is 11.7 Å². The summed E-state index contributed by atoms with van der Waals surface area (Å²) in [5, 5.41) is 14.6. The molecule has 100 valence electrons. The zero-order valence-corrected chi connectivity index (χ0v) is 11.0. The lowest BCUT2D eigenvalue weighted by Gasteiger charge is -2.14. The topological polar surface area (TPSA) is 70.6 Å². The molecule has 1 aromatic rings. The van der Waals surface area contributed by atoms with Gasteiger partial charge < -0.3 is 16.3 Å². The van der Waals surface area contributed by atoms with Gasteiger partial charge >= 0.3 is 0 Å². The number of hydrogen-bond acceptors (Lipinski definition) is 3. The number of benzene rings is 1. The van der Waals surface area contributed by atoms with Gasteiger partial charge in [0, 0.05) is 19.0 Å². The van der Waals surface area contributed by atoms with Crippen molar-refractivity contribution in [3.05, 3.63) is 34.6 Å². The lowest BCUT2D eigenvalue weighted by atomic mass is 10.1. The van der Waals surface area contributed by atoms with Crippen LogP contribution >= 0.6 is 0 Å². The van der Waals surface area contributed by atoms with Gasteiger partial charge in [0.15, 0.2) is 0 Å². The van der Waals surface area contributed by atoms with Crippen LogP contribution in [0.4, 0.5) is 4.39 Å². The third-order valence-electron chi connectivity index (χ3n) is 2.79. The molecule has 0 amide bonds. The average Bonchev–Trinajstić information content (AvgIpc) is 2.33. The number of amidine groups is 1. The van der Waals surface area contributed by atoms with E-state index in [0.29, 0.717) is 24.1 Å². The summed E-state index contributed by atoms with van der Waals surface area (Å²) >= 11 is 0. The molecule has 0 heterocycles. The van der Waals surface area contributed by atoms with E-state index < -0.39 is 0 Å². The van der Waals surface area contributed by atoms with Gasteiger partial charge in [0.05, 0.1) is 0 Å². The summed E-state index contributed by atoms with van der Waals surface area (Å²) in [7, 11) is 0. The summed E-state index contributed by atoms with van der Waals surface area (Å²) in [5.74, 6) is 0.0462. The molecule has 1 rings (SSSR count). The van der Waals surface area contributed by atoms with Crippen molar-refractivity contribution in [3.63, 3.8) is 0 Å². The average molecular weight is 253 g/mol. The molecular weight excluding hydrogens is 233 g/mol. The molecule has 1 atom stereocenters. The second-order valence-electron chi connectivity index (χ2n) is 4.62. The van der Waals surface area contributed by atoms with E-state index in [9.17, 15) is 4.39 Å². The maximum atomic E-state index is 13.4. The van der Waals surface area contributed by atoms with Crippen LogP contribution in [0.25, 0.3) is 0 Å². The molecule has 18 heavy (non-hydrogen) atoms. The Morgan fingerprint density at radius 1 is 1.44 bits per heavy atom. The normalized spacial score (nSPS) is 13.7. The van der Waals surface area contributed by atoms with E-state index in [1.165, 1.54) is 0 Å². The van der Waals surface area contributed by atoms with Gasteiger partial charge in [0.2, 0.25) is 0 Å². The smallest absolute Gasteiger partial charge is 0.140 e. The lowest BCUT2D eigenvalue weighted by Crippen LogP contribution is -2.30. The van der Waals surface area contributed by atoms with Gasteiger partial charge in [0.25, 0.3) is 0 Å². The van der Waals surface area contributed by atoms with Crippen molar-refractivity contribution in [3.8, 4) is 0 Å². The SMILES string of the molecule is Cc1cc(CNC(C)CC(N)=NO)cc(C)c1F. The Hall–Kier alpha value is -1.62. The van der Waals surface area contributed by atoms with Crippen LogP contribution in [0.15, 0.2) is 17.3 Å². The van der Waals surface area contributed by atoms with Crippen LogP contribution in [0.3, 0.4) is 0 Å². The highest BCUT2D eigenvalue weighted by Crippen LogP contribution is 2.14. The quantitative estimate of drug-likeness (QED) is 0.325. The summed E-state index contributed by atoms with van der Waals surface area (Å²) in [6, 6.07) is 3.74. The van der Waals surface area contributed by atoms with Crippen molar-refractivity contribution >= 4 is 5.84 Å². The first-order valence-electron chi connectivity index (χ1n) is 5.89. The third-order valence-corrected chi connectivity index (χ3v) is 2.79. The summed E-state index contributed by atoms with van der Waals surface area (Å²) in [6.45, 7) is 6.08. The lowest BCUT2D eigenvalue weighted by molar-refractivity contribution is 0.316. The Bertz CT molecular complexity index is 423. The van der Waals surface area contributed by atoms with Gasteiger partial charge in [-0.3, -0.25) is 0 Å². The number of nitrogens with two attached hydrogens (primary N) is 1. The van der Waals surface area contributed by atoms with E-state index in [4.69, 9.17) is 10.9 Å². The highest BCUT2D eigenvalue weighted by molar-refractivity contribution is 5.80. The number of nitrogens with zero attached hydrogens (tertiary/aromatic N) is 1. The summed E-state index contributed by atoms with van der Waals surface area (Å²) in [6.07, 6.45) is 0.468. The van der Waals surface area contributed by atoms with E-state index >= 15 is 0 Å². The van der Waals surface area contributed by atoms with Gasteiger partial charge in [-0.2, -0.15) is 0 Å². The molecule has 0 radical (unpaired) electrons. The minimum Gasteiger partial charge on any atom is -0.409 e. The van der Waals surface area contributed by atoms with Crippen molar-refractivity contribution in [2.45, 2.75) is 39.8 Å². The molecule has 0 saturated carbocycles. The monoisotopic (exact) mass is 253 g/mol. The molecule has 0 aliphatic rings. The van der Waals surface area contributed by atoms with Crippen molar-refractivity contribution in [2.75, 3.05) is 0 Å². The maximum Gasteiger partial charge on any atom is 0.140 e. The summed E-state index contributed by atoms with van der Waals surface area (Å²) < 4.78 is 13.4. The first-order valence-corrected chi connectivity index (χ1v) is 5.89. The molecule has 0 spiro atoms. The number of nitrogens with one attached hydrogen (secondary N) is 1. The minimum absolute atomic E-state index is 0.0894. The molecule has 1 aromatic carbocycles. The third kappa shape index (κ3) is 4.00. The maximum absolute atomic E-state index is 13.4. The highest BCUT2D eigenvalue weighted by atomic mass is 19.1. The van der Waals surface area contributed by atoms with E-state index in [1.807, 2.05) is 19.1 Å². The molecule has 1 unspecified atom stereocenters. The Morgan fingerprint density at radius 2 is 2.00 bits per heavy atom. The van der Waals surface area contributed by atoms with E-state index in [1.54, 1.807) is 13.8 Å². The van der Waals surface area contributed by atoms with Crippen LogP contribution in [0, 0.1) is 19.7 Å². The predicted molar refractivity (Wildman–Crippen MR) is 70.2 cm³/mol. The number of halogens is 1. The van der Waals surface area contributed by atoms with Gasteiger partial charge in [-0.1, -0.05) is 17.3 Å². The van der Waals surface area contributed by atoms with Crippen LogP contribution in [-0.2, 0) is 6.54 Å². The van der Waals surface area contributed by atoms with Crippen LogP contribution in [-0.4, -0.2) is 17.1 Å². The van der Waals surface area contributed by atoms with Crippen LogP contribution in [0.2, 0.25) is 0 Å². The molecule has 0 fully saturated rings. The molecule has 0 aliphatic carbocycles. The first-order chi connectivity index (χ1) is 8.43. The van der Waals surface area contributed by atoms with Crippen LogP contribution < -0.4 is 11.1 Å². The molecule has 4 N–H and O–H groups in total. The Balaban J connectivity index is 2.59. The van der Waals surface area contributed by atoms with Gasteiger partial charge in [-0.05, 0) is 37.5 Å². The van der Waals surface area contributed by atoms with Gasteiger partial charge in [-0.15, -0.1) is 0 Å². The zero-order valence-electron chi connectivity index (χ0n) is 11.0. The van der Waals surface area contributed by atoms with Crippen molar-refractivity contribution in [1.82, 2.24) is 5.32 Å². The number of aryl methyl sites for hydroxylation is 2. The Morgan fingerprint density at radius 3 is 2.50 bits per heavy atom. The molecule has 4 nitrogen and oxygen atoms in total. The first kappa shape index (κ1) is 14.4. The Labute approximate surface area is 107 Å². The standard InChI is InChI=1S/C13H20FN3O/c1-8-4-11(5-9(2)13(8)14)7-16-10(3)6-12(15)17-18/h4-5,10,16,18H,6-7H2,1-3H3,(H2,15,17). The zero-order chi connectivity index (χ0) is 13.7. The summed E-state index contributed by atoms with van der Waals surface area (Å²) in [5.41, 5.74) is 7.74. The van der Waals surface area contributed by atoms with Crippen LogP contribution in [0.1, 0.15) is 30.0 Å². The predicted octanol–water partition coefficient (Wildman–Crippen LogP) is 2.06. The molecular formula is C13H20FN3O. The molecule has 0 bridgehead atoms. The fourth-order valence-corrected chi connectivity index (χ4v) is 1.86. The summed E-state index contributed by atoms with van der Waals surface area (Å²) in [4.78, 5) is 0. The number of rotatable bonds is 5.